The summed E-state index contributed by atoms with van der Waals surface area (Å²) in [5.74, 6) is 1.12. The fourth-order valence-electron chi connectivity index (χ4n) is 4.28. The molecule has 31 heavy (non-hydrogen) atoms. The van der Waals surface area contributed by atoms with Crippen LogP contribution in [0.3, 0.4) is 0 Å². The third-order valence-corrected chi connectivity index (χ3v) is 6.15. The maximum absolute atomic E-state index is 12.8. The first-order valence-electron chi connectivity index (χ1n) is 11.1. The van der Waals surface area contributed by atoms with E-state index in [-0.39, 0.29) is 11.8 Å². The van der Waals surface area contributed by atoms with Crippen molar-refractivity contribution in [3.63, 3.8) is 0 Å². The Morgan fingerprint density at radius 2 is 1.68 bits per heavy atom. The van der Waals surface area contributed by atoms with Crippen LogP contribution < -0.4 is 4.74 Å². The summed E-state index contributed by atoms with van der Waals surface area (Å²) in [6.45, 7) is 7.62. The standard InChI is InChI=1S/C25H31N3O3/c1-20(29)28-15-16-31-24-9-7-21(17-23(24)19-28)8-10-25(30)27-13-11-26(12-14-27)18-22-5-3-2-4-6-22/h2-7,9,17H,8,10-16,18-19H2,1H3. The Kier molecular flexibility index (Phi) is 6.87. The van der Waals surface area contributed by atoms with Gasteiger partial charge in [0.25, 0.3) is 0 Å². The molecule has 2 aromatic carbocycles. The minimum absolute atomic E-state index is 0.0587. The van der Waals surface area contributed by atoms with Gasteiger partial charge in [0, 0.05) is 58.2 Å². The van der Waals surface area contributed by atoms with Crippen LogP contribution >= 0.6 is 0 Å². The smallest absolute Gasteiger partial charge is 0.222 e. The lowest BCUT2D eigenvalue weighted by atomic mass is 10.0. The summed E-state index contributed by atoms with van der Waals surface area (Å²) in [7, 11) is 0. The van der Waals surface area contributed by atoms with E-state index in [4.69, 9.17) is 4.74 Å². The summed E-state index contributed by atoms with van der Waals surface area (Å²) in [6.07, 6.45) is 1.21. The van der Waals surface area contributed by atoms with Crippen LogP contribution in [0.5, 0.6) is 5.75 Å². The van der Waals surface area contributed by atoms with E-state index in [0.717, 1.165) is 49.6 Å². The van der Waals surface area contributed by atoms with Crippen LogP contribution in [0.4, 0.5) is 0 Å². The molecule has 4 rings (SSSR count). The molecule has 1 fully saturated rings. The largest absolute Gasteiger partial charge is 0.491 e. The number of benzene rings is 2. The number of carbonyl (C=O) groups excluding carboxylic acids is 2. The van der Waals surface area contributed by atoms with Crippen LogP contribution in [-0.2, 0) is 29.1 Å². The maximum Gasteiger partial charge on any atom is 0.222 e. The minimum atomic E-state index is 0.0587. The van der Waals surface area contributed by atoms with Crippen molar-refractivity contribution >= 4 is 11.8 Å². The SMILES string of the molecule is CC(=O)N1CCOc2ccc(CCC(=O)N3CCN(Cc4ccccc4)CC3)cc2C1. The van der Waals surface area contributed by atoms with Crippen LogP contribution in [0, 0.1) is 0 Å². The van der Waals surface area contributed by atoms with Gasteiger partial charge in [-0.2, -0.15) is 0 Å². The zero-order chi connectivity index (χ0) is 21.6. The number of piperazine rings is 1. The van der Waals surface area contributed by atoms with E-state index < -0.39 is 0 Å². The second-order valence-corrected chi connectivity index (χ2v) is 8.37. The van der Waals surface area contributed by atoms with E-state index >= 15 is 0 Å². The topological polar surface area (TPSA) is 53.1 Å². The Bertz CT molecular complexity index is 907. The van der Waals surface area contributed by atoms with Gasteiger partial charge in [-0.25, -0.2) is 0 Å². The molecular formula is C25H31N3O3. The van der Waals surface area contributed by atoms with Crippen LogP contribution in [0.15, 0.2) is 48.5 Å². The van der Waals surface area contributed by atoms with Crippen molar-refractivity contribution in [1.82, 2.24) is 14.7 Å². The first-order valence-corrected chi connectivity index (χ1v) is 11.1. The Morgan fingerprint density at radius 1 is 0.903 bits per heavy atom. The van der Waals surface area contributed by atoms with Crippen LogP contribution in [0.2, 0.25) is 0 Å². The summed E-state index contributed by atoms with van der Waals surface area (Å²) in [6, 6.07) is 16.6. The van der Waals surface area contributed by atoms with Gasteiger partial charge in [-0.15, -0.1) is 0 Å². The molecule has 6 heteroatoms. The molecule has 0 bridgehead atoms. The first kappa shape index (κ1) is 21.4. The fraction of sp³-hybridized carbons (Fsp3) is 0.440. The van der Waals surface area contributed by atoms with Gasteiger partial charge < -0.3 is 14.5 Å². The van der Waals surface area contributed by atoms with Gasteiger partial charge in [-0.1, -0.05) is 42.5 Å². The third-order valence-electron chi connectivity index (χ3n) is 6.15. The Balaban J connectivity index is 1.27. The highest BCUT2D eigenvalue weighted by atomic mass is 16.5. The number of aryl methyl sites for hydroxylation is 1. The predicted molar refractivity (Wildman–Crippen MR) is 120 cm³/mol. The molecule has 0 spiro atoms. The van der Waals surface area contributed by atoms with E-state index in [2.05, 4.69) is 35.2 Å². The third kappa shape index (κ3) is 5.64. The van der Waals surface area contributed by atoms with E-state index in [9.17, 15) is 9.59 Å². The monoisotopic (exact) mass is 421 g/mol. The molecule has 1 saturated heterocycles. The molecule has 2 aliphatic rings. The number of amides is 2. The molecule has 0 atom stereocenters. The lowest BCUT2D eigenvalue weighted by Gasteiger charge is -2.34. The molecule has 0 aromatic heterocycles. The van der Waals surface area contributed by atoms with Crippen molar-refractivity contribution in [1.29, 1.82) is 0 Å². The highest BCUT2D eigenvalue weighted by molar-refractivity contribution is 5.76. The molecule has 0 N–H and O–H groups in total. The second-order valence-electron chi connectivity index (χ2n) is 8.37. The average Bonchev–Trinajstić information content (AvgIpc) is 3.01. The number of nitrogens with zero attached hydrogens (tertiary/aromatic N) is 3. The van der Waals surface area contributed by atoms with E-state index in [1.807, 2.05) is 23.1 Å². The Labute approximate surface area is 184 Å². The summed E-state index contributed by atoms with van der Waals surface area (Å²) in [5.41, 5.74) is 3.45. The molecule has 0 saturated carbocycles. The molecular weight excluding hydrogens is 390 g/mol. The number of carbonyl (C=O) groups is 2. The average molecular weight is 422 g/mol. The highest BCUT2D eigenvalue weighted by Gasteiger charge is 2.21. The van der Waals surface area contributed by atoms with Gasteiger partial charge in [0.2, 0.25) is 11.8 Å². The van der Waals surface area contributed by atoms with E-state index in [1.54, 1.807) is 11.8 Å². The van der Waals surface area contributed by atoms with Gasteiger partial charge in [-0.05, 0) is 23.6 Å². The van der Waals surface area contributed by atoms with Gasteiger partial charge in [0.1, 0.15) is 12.4 Å². The molecule has 6 nitrogen and oxygen atoms in total. The van der Waals surface area contributed by atoms with Crippen molar-refractivity contribution in [2.45, 2.75) is 32.9 Å². The van der Waals surface area contributed by atoms with Gasteiger partial charge in [0.05, 0.1) is 6.54 Å². The Morgan fingerprint density at radius 3 is 2.42 bits per heavy atom. The second kappa shape index (κ2) is 9.96. The summed E-state index contributed by atoms with van der Waals surface area (Å²) >= 11 is 0. The summed E-state index contributed by atoms with van der Waals surface area (Å²) in [5, 5.41) is 0. The van der Waals surface area contributed by atoms with Crippen molar-refractivity contribution in [3.8, 4) is 5.75 Å². The quantitative estimate of drug-likeness (QED) is 0.745. The van der Waals surface area contributed by atoms with Gasteiger partial charge in [-0.3, -0.25) is 14.5 Å². The molecule has 0 aliphatic carbocycles. The fourth-order valence-corrected chi connectivity index (χ4v) is 4.28. The van der Waals surface area contributed by atoms with Gasteiger partial charge >= 0.3 is 0 Å². The molecule has 2 heterocycles. The number of fused-ring (bicyclic) bond motifs is 1. The lowest BCUT2D eigenvalue weighted by molar-refractivity contribution is -0.133. The molecule has 2 amide bonds. The number of hydrogen-bond acceptors (Lipinski definition) is 4. The van der Waals surface area contributed by atoms with Crippen molar-refractivity contribution in [2.75, 3.05) is 39.3 Å². The molecule has 2 aliphatic heterocycles. The van der Waals surface area contributed by atoms with Crippen LogP contribution in [0.25, 0.3) is 0 Å². The molecule has 0 unspecified atom stereocenters. The zero-order valence-corrected chi connectivity index (χ0v) is 18.3. The zero-order valence-electron chi connectivity index (χ0n) is 18.3. The van der Waals surface area contributed by atoms with Crippen molar-refractivity contribution in [3.05, 3.63) is 65.2 Å². The van der Waals surface area contributed by atoms with Gasteiger partial charge in [0.15, 0.2) is 0 Å². The summed E-state index contributed by atoms with van der Waals surface area (Å²) < 4.78 is 5.78. The Hall–Kier alpha value is -2.86. The van der Waals surface area contributed by atoms with Crippen LogP contribution in [-0.4, -0.2) is 65.8 Å². The highest BCUT2D eigenvalue weighted by Crippen LogP contribution is 2.25. The molecule has 0 radical (unpaired) electrons. The maximum atomic E-state index is 12.8. The lowest BCUT2D eigenvalue weighted by Crippen LogP contribution is -2.48. The number of hydrogen-bond donors (Lipinski definition) is 0. The normalized spacial score (nSPS) is 16.9. The van der Waals surface area contributed by atoms with E-state index in [0.29, 0.717) is 32.5 Å². The number of ether oxygens (including phenoxy) is 1. The molecule has 2 aromatic rings. The number of rotatable bonds is 5. The molecule has 164 valence electrons. The first-order chi connectivity index (χ1) is 15.1. The van der Waals surface area contributed by atoms with Crippen LogP contribution in [0.1, 0.15) is 30.0 Å². The predicted octanol–water partition coefficient (Wildman–Crippen LogP) is 2.70. The summed E-state index contributed by atoms with van der Waals surface area (Å²) in [4.78, 5) is 30.7. The van der Waals surface area contributed by atoms with Crippen molar-refractivity contribution < 1.29 is 14.3 Å². The van der Waals surface area contributed by atoms with Crippen molar-refractivity contribution in [2.24, 2.45) is 0 Å². The van der Waals surface area contributed by atoms with E-state index in [1.165, 1.54) is 5.56 Å². The minimum Gasteiger partial charge on any atom is -0.491 e.